The second-order valence-corrected chi connectivity index (χ2v) is 10.5. The number of nitrogens with one attached hydrogen (secondary N) is 2. The first-order valence-electron chi connectivity index (χ1n) is 12.9. The summed E-state index contributed by atoms with van der Waals surface area (Å²) in [5, 5.41) is 39.4. The Kier molecular flexibility index (Phi) is 11.5. The van der Waals surface area contributed by atoms with Crippen LogP contribution in [0, 0.1) is 23.7 Å². The van der Waals surface area contributed by atoms with Gasteiger partial charge in [0.05, 0.1) is 17.6 Å². The van der Waals surface area contributed by atoms with E-state index in [0.717, 1.165) is 13.0 Å². The maximum Gasteiger partial charge on any atom is 0.312 e. The molecule has 5 N–H and O–H groups in total. The van der Waals surface area contributed by atoms with Crippen molar-refractivity contribution in [3.05, 3.63) is 18.2 Å². The Balaban J connectivity index is 2.36. The van der Waals surface area contributed by atoms with Crippen LogP contribution >= 0.6 is 0 Å². The number of hydrogen-bond acceptors (Lipinski definition) is 8. The molecule has 35 heavy (non-hydrogen) atoms. The summed E-state index contributed by atoms with van der Waals surface area (Å²) in [6.07, 6.45) is 0.749. The van der Waals surface area contributed by atoms with Gasteiger partial charge in [-0.1, -0.05) is 32.9 Å². The van der Waals surface area contributed by atoms with Crippen LogP contribution in [-0.4, -0.2) is 77.7 Å². The van der Waals surface area contributed by atoms with E-state index in [1.54, 1.807) is 25.1 Å². The molecule has 1 aliphatic heterocycles. The van der Waals surface area contributed by atoms with Crippen LogP contribution in [0.2, 0.25) is 0 Å². The largest absolute Gasteiger partial charge is 0.459 e. The first-order valence-corrected chi connectivity index (χ1v) is 12.9. The summed E-state index contributed by atoms with van der Waals surface area (Å²) in [4.78, 5) is 17.5. The minimum Gasteiger partial charge on any atom is -0.459 e. The van der Waals surface area contributed by atoms with Crippen LogP contribution in [0.4, 0.5) is 5.82 Å². The Morgan fingerprint density at radius 1 is 1.23 bits per heavy atom. The number of aromatic nitrogens is 1. The molecule has 8 atom stereocenters. The van der Waals surface area contributed by atoms with E-state index in [4.69, 9.17) is 12.6 Å². The van der Waals surface area contributed by atoms with Gasteiger partial charge in [0.2, 0.25) is 0 Å². The van der Waals surface area contributed by atoms with Crippen LogP contribution in [0.3, 0.4) is 0 Å². The smallest absolute Gasteiger partial charge is 0.312 e. The van der Waals surface area contributed by atoms with Gasteiger partial charge in [0.25, 0.3) is 0 Å². The molecule has 0 amide bonds. The van der Waals surface area contributed by atoms with Crippen molar-refractivity contribution >= 4 is 25.2 Å². The van der Waals surface area contributed by atoms with Gasteiger partial charge in [-0.3, -0.25) is 4.79 Å². The second-order valence-electron chi connectivity index (χ2n) is 10.5. The normalized spacial score (nSPS) is 36.0. The van der Waals surface area contributed by atoms with Crippen molar-refractivity contribution in [2.24, 2.45) is 23.7 Å². The molecule has 1 aliphatic rings. The van der Waals surface area contributed by atoms with Crippen molar-refractivity contribution in [1.82, 2.24) is 10.3 Å². The number of pyridine rings is 1. The van der Waals surface area contributed by atoms with Crippen LogP contribution < -0.4 is 16.2 Å². The third-order valence-corrected chi connectivity index (χ3v) is 7.47. The van der Waals surface area contributed by atoms with Crippen LogP contribution in [0.25, 0.3) is 0 Å². The highest BCUT2D eigenvalue weighted by Gasteiger charge is 2.45. The number of anilines is 1. The number of carbonyl (C=O) groups excluding carboxylic acids is 1. The predicted octanol–water partition coefficient (Wildman–Crippen LogP) is 1.38. The van der Waals surface area contributed by atoms with Crippen molar-refractivity contribution in [2.45, 2.75) is 84.2 Å². The Morgan fingerprint density at radius 3 is 2.57 bits per heavy atom. The van der Waals surface area contributed by atoms with E-state index >= 15 is 0 Å². The van der Waals surface area contributed by atoms with Crippen molar-refractivity contribution in [2.75, 3.05) is 25.0 Å². The molecule has 0 aliphatic carbocycles. The number of rotatable bonds is 5. The maximum atomic E-state index is 13.3. The molecule has 2 rings (SSSR count). The van der Waals surface area contributed by atoms with E-state index in [0.29, 0.717) is 36.6 Å². The monoisotopic (exact) mass is 489 g/mol. The van der Waals surface area contributed by atoms with E-state index in [2.05, 4.69) is 22.5 Å². The number of hydrogen-bond donors (Lipinski definition) is 5. The number of cyclic esters (lactones) is 1. The van der Waals surface area contributed by atoms with E-state index < -0.39 is 29.7 Å². The quantitative estimate of drug-likeness (QED) is 0.311. The SMILES string of the molecule is [B]c1cccc(NC[C@]2(O)C(C)C(=O)O[C@H](CC)[C@@H](O)C[C@@H](C)NC[C@H](C)C[C@H](CO)C[C@H]2C)n1. The molecule has 1 fully saturated rings. The fourth-order valence-corrected chi connectivity index (χ4v) is 5.03. The molecule has 2 radical (unpaired) electrons. The number of carbonyl (C=O) groups is 1. The Hall–Kier alpha value is -1.68. The highest BCUT2D eigenvalue weighted by molar-refractivity contribution is 6.30. The van der Waals surface area contributed by atoms with E-state index in [1.165, 1.54) is 0 Å². The van der Waals surface area contributed by atoms with Gasteiger partial charge in [0, 0.05) is 19.2 Å². The average molecular weight is 489 g/mol. The minimum atomic E-state index is -1.49. The summed E-state index contributed by atoms with van der Waals surface area (Å²) in [5.74, 6) is -1.02. The van der Waals surface area contributed by atoms with Crippen molar-refractivity contribution < 1.29 is 24.9 Å². The van der Waals surface area contributed by atoms with Gasteiger partial charge in [-0.15, -0.1) is 0 Å². The topological polar surface area (TPSA) is 124 Å². The molecule has 1 unspecified atom stereocenters. The molecule has 2 heterocycles. The Morgan fingerprint density at radius 2 is 1.94 bits per heavy atom. The minimum absolute atomic E-state index is 0.0000330. The number of nitrogens with zero attached hydrogens (tertiary/aromatic N) is 1. The third-order valence-electron chi connectivity index (χ3n) is 7.47. The Bertz CT molecular complexity index is 800. The number of aliphatic hydroxyl groups excluding tert-OH is 2. The van der Waals surface area contributed by atoms with Gasteiger partial charge < -0.3 is 30.7 Å². The Labute approximate surface area is 211 Å². The van der Waals surface area contributed by atoms with Crippen molar-refractivity contribution in [1.29, 1.82) is 0 Å². The fraction of sp³-hybridized carbons (Fsp3) is 0.769. The zero-order valence-corrected chi connectivity index (χ0v) is 21.9. The van der Waals surface area contributed by atoms with E-state index in [9.17, 15) is 20.1 Å². The molecule has 1 saturated heterocycles. The van der Waals surface area contributed by atoms with Gasteiger partial charge in [-0.2, -0.15) is 0 Å². The molecule has 1 aromatic heterocycles. The van der Waals surface area contributed by atoms with Crippen LogP contribution in [0.15, 0.2) is 18.2 Å². The molecular weight excluding hydrogens is 445 g/mol. The first kappa shape index (κ1) is 29.6. The second kappa shape index (κ2) is 13.6. The van der Waals surface area contributed by atoms with Gasteiger partial charge in [0.15, 0.2) is 0 Å². The predicted molar refractivity (Wildman–Crippen MR) is 139 cm³/mol. The van der Waals surface area contributed by atoms with E-state index in [-0.39, 0.29) is 31.0 Å². The molecule has 0 aromatic carbocycles. The van der Waals surface area contributed by atoms with Gasteiger partial charge in [-0.05, 0) is 75.5 Å². The van der Waals surface area contributed by atoms with Gasteiger partial charge in [0.1, 0.15) is 19.8 Å². The third kappa shape index (κ3) is 8.45. The zero-order chi connectivity index (χ0) is 26.2. The molecular formula is C26H44BN3O5. The number of ether oxygens (including phenoxy) is 1. The molecule has 0 saturated carbocycles. The van der Waals surface area contributed by atoms with Crippen molar-refractivity contribution in [3.63, 3.8) is 0 Å². The van der Waals surface area contributed by atoms with Crippen molar-refractivity contribution in [3.8, 4) is 0 Å². The molecule has 8 nitrogen and oxygen atoms in total. The molecule has 196 valence electrons. The summed E-state index contributed by atoms with van der Waals surface area (Å²) >= 11 is 0. The summed E-state index contributed by atoms with van der Waals surface area (Å²) in [7, 11) is 5.79. The lowest BCUT2D eigenvalue weighted by molar-refractivity contribution is -0.172. The van der Waals surface area contributed by atoms with Crippen LogP contribution in [0.5, 0.6) is 0 Å². The average Bonchev–Trinajstić information content (AvgIpc) is 2.82. The molecule has 9 heteroatoms. The molecule has 1 aromatic rings. The van der Waals surface area contributed by atoms with Crippen LogP contribution in [-0.2, 0) is 9.53 Å². The zero-order valence-electron chi connectivity index (χ0n) is 21.9. The summed E-state index contributed by atoms with van der Waals surface area (Å²) in [5.41, 5.74) is -1.14. The standard InChI is InChI=1S/C26H44BN3O5/c1-6-22-21(32)12-18(4)28-13-16(2)10-20(14-31)11-17(3)26(34,19(5)25(33)35-22)15-29-24-9-7-8-23(27)30-24/h7-9,16-22,28,31-32,34H,6,10-15H2,1-5H3,(H,29,30)/t16-,17-,18-,19?,20+,21+,22-,26-/m1/s1. The molecule has 0 bridgehead atoms. The van der Waals surface area contributed by atoms with Crippen LogP contribution in [0.1, 0.15) is 60.3 Å². The number of esters is 1. The lowest BCUT2D eigenvalue weighted by Crippen LogP contribution is -2.53. The lowest BCUT2D eigenvalue weighted by Gasteiger charge is -2.40. The maximum absolute atomic E-state index is 13.3. The fourth-order valence-electron chi connectivity index (χ4n) is 5.03. The summed E-state index contributed by atoms with van der Waals surface area (Å²) in [6, 6.07) is 5.22. The summed E-state index contributed by atoms with van der Waals surface area (Å²) < 4.78 is 5.75. The molecule has 0 spiro atoms. The van der Waals surface area contributed by atoms with Gasteiger partial charge in [-0.25, -0.2) is 4.98 Å². The number of aliphatic hydroxyl groups is 3. The van der Waals surface area contributed by atoms with Gasteiger partial charge >= 0.3 is 5.97 Å². The summed E-state index contributed by atoms with van der Waals surface area (Å²) in [6.45, 7) is 10.4. The van der Waals surface area contributed by atoms with E-state index in [1.807, 2.05) is 20.8 Å². The highest BCUT2D eigenvalue weighted by Crippen LogP contribution is 2.34. The highest BCUT2D eigenvalue weighted by atomic mass is 16.6. The lowest BCUT2D eigenvalue weighted by atomic mass is 9.73. The first-order chi connectivity index (χ1) is 16.5.